The molecule has 0 aliphatic rings. The fourth-order valence-electron chi connectivity index (χ4n) is 1.47. The van der Waals surface area contributed by atoms with Crippen molar-refractivity contribution in [3.8, 4) is 0 Å². The Bertz CT molecular complexity index is 523. The first kappa shape index (κ1) is 9.45. The van der Waals surface area contributed by atoms with Crippen LogP contribution in [0.5, 0.6) is 0 Å². The fourth-order valence-corrected chi connectivity index (χ4v) is 1.47. The molecule has 0 aliphatic carbocycles. The minimum absolute atomic E-state index is 0.0520. The lowest BCUT2D eigenvalue weighted by Gasteiger charge is -2.06. The number of aromatic nitrogens is 1. The SMILES string of the molecule is CNc1cc2ccccc2nc1C(=O)O. The normalized spacial score (nSPS) is 10.2. The van der Waals surface area contributed by atoms with E-state index in [1.807, 2.05) is 18.2 Å². The summed E-state index contributed by atoms with van der Waals surface area (Å²) in [6.07, 6.45) is 0. The molecule has 0 amide bonds. The number of hydrogen-bond acceptors (Lipinski definition) is 3. The molecule has 0 atom stereocenters. The van der Waals surface area contributed by atoms with E-state index >= 15 is 0 Å². The molecule has 76 valence electrons. The number of nitrogens with zero attached hydrogens (tertiary/aromatic N) is 1. The molecule has 2 aromatic rings. The first-order chi connectivity index (χ1) is 7.22. The summed E-state index contributed by atoms with van der Waals surface area (Å²) >= 11 is 0. The Morgan fingerprint density at radius 3 is 2.80 bits per heavy atom. The van der Waals surface area contributed by atoms with Crippen LogP contribution in [0.3, 0.4) is 0 Å². The van der Waals surface area contributed by atoms with Crippen molar-refractivity contribution < 1.29 is 9.90 Å². The van der Waals surface area contributed by atoms with Crippen molar-refractivity contribution in [3.63, 3.8) is 0 Å². The molecule has 0 bridgehead atoms. The predicted molar refractivity (Wildman–Crippen MR) is 58.2 cm³/mol. The number of hydrogen-bond donors (Lipinski definition) is 2. The summed E-state index contributed by atoms with van der Waals surface area (Å²) < 4.78 is 0. The highest BCUT2D eigenvalue weighted by atomic mass is 16.4. The lowest BCUT2D eigenvalue weighted by molar-refractivity contribution is 0.0692. The number of anilines is 1. The summed E-state index contributed by atoms with van der Waals surface area (Å²) in [5, 5.41) is 12.7. The van der Waals surface area contributed by atoms with E-state index in [1.165, 1.54) is 0 Å². The summed E-state index contributed by atoms with van der Waals surface area (Å²) in [5.74, 6) is -1.02. The van der Waals surface area contributed by atoms with Crippen molar-refractivity contribution >= 4 is 22.6 Å². The van der Waals surface area contributed by atoms with E-state index in [-0.39, 0.29) is 5.69 Å². The van der Waals surface area contributed by atoms with Crippen molar-refractivity contribution in [2.75, 3.05) is 12.4 Å². The second-order valence-corrected chi connectivity index (χ2v) is 3.13. The zero-order chi connectivity index (χ0) is 10.8. The molecule has 4 nitrogen and oxygen atoms in total. The Morgan fingerprint density at radius 1 is 1.40 bits per heavy atom. The number of carboxylic acids is 1. The van der Waals surface area contributed by atoms with Crippen LogP contribution in [0, 0.1) is 0 Å². The lowest BCUT2D eigenvalue weighted by Crippen LogP contribution is -2.05. The number of fused-ring (bicyclic) bond motifs is 1. The van der Waals surface area contributed by atoms with Crippen LogP contribution in [0.4, 0.5) is 5.69 Å². The van der Waals surface area contributed by atoms with E-state index in [2.05, 4.69) is 10.3 Å². The molecule has 0 saturated heterocycles. The number of rotatable bonds is 2. The Hall–Kier alpha value is -2.10. The number of para-hydroxylation sites is 1. The number of benzene rings is 1. The van der Waals surface area contributed by atoms with E-state index in [0.29, 0.717) is 11.2 Å². The first-order valence-electron chi connectivity index (χ1n) is 4.53. The Labute approximate surface area is 86.6 Å². The number of aromatic carboxylic acids is 1. The van der Waals surface area contributed by atoms with Crippen LogP contribution in [-0.4, -0.2) is 23.1 Å². The highest BCUT2D eigenvalue weighted by Crippen LogP contribution is 2.20. The fraction of sp³-hybridized carbons (Fsp3) is 0.0909. The Balaban J connectivity index is 2.74. The highest BCUT2D eigenvalue weighted by Gasteiger charge is 2.11. The molecule has 1 aromatic heterocycles. The molecule has 0 spiro atoms. The Kier molecular flexibility index (Phi) is 2.25. The first-order valence-corrected chi connectivity index (χ1v) is 4.53. The topological polar surface area (TPSA) is 62.2 Å². The maximum Gasteiger partial charge on any atom is 0.356 e. The van der Waals surface area contributed by atoms with Crippen LogP contribution in [0.15, 0.2) is 30.3 Å². The molecule has 4 heteroatoms. The molecule has 15 heavy (non-hydrogen) atoms. The summed E-state index contributed by atoms with van der Waals surface area (Å²) in [4.78, 5) is 15.0. The molecule has 0 saturated carbocycles. The van der Waals surface area contributed by atoms with Crippen molar-refractivity contribution in [1.82, 2.24) is 4.98 Å². The van der Waals surface area contributed by atoms with Gasteiger partial charge in [0.25, 0.3) is 0 Å². The van der Waals surface area contributed by atoms with E-state index < -0.39 is 5.97 Å². The second-order valence-electron chi connectivity index (χ2n) is 3.13. The zero-order valence-electron chi connectivity index (χ0n) is 8.19. The third-order valence-corrected chi connectivity index (χ3v) is 2.20. The van der Waals surface area contributed by atoms with Crippen molar-refractivity contribution in [2.24, 2.45) is 0 Å². The lowest BCUT2D eigenvalue weighted by atomic mass is 10.1. The predicted octanol–water partition coefficient (Wildman–Crippen LogP) is 1.97. The van der Waals surface area contributed by atoms with Gasteiger partial charge in [-0.05, 0) is 12.1 Å². The van der Waals surface area contributed by atoms with Gasteiger partial charge in [-0.15, -0.1) is 0 Å². The number of nitrogens with one attached hydrogen (secondary N) is 1. The van der Waals surface area contributed by atoms with Crippen LogP contribution in [0.2, 0.25) is 0 Å². The average molecular weight is 202 g/mol. The van der Waals surface area contributed by atoms with Crippen LogP contribution in [0.25, 0.3) is 10.9 Å². The maximum atomic E-state index is 10.9. The van der Waals surface area contributed by atoms with Gasteiger partial charge in [-0.25, -0.2) is 9.78 Å². The van der Waals surface area contributed by atoms with Gasteiger partial charge in [0.05, 0.1) is 11.2 Å². The molecule has 2 N–H and O–H groups in total. The maximum absolute atomic E-state index is 10.9. The largest absolute Gasteiger partial charge is 0.476 e. The van der Waals surface area contributed by atoms with Gasteiger partial charge in [-0.2, -0.15) is 0 Å². The smallest absolute Gasteiger partial charge is 0.356 e. The average Bonchev–Trinajstić information content (AvgIpc) is 2.27. The van der Waals surface area contributed by atoms with E-state index in [1.54, 1.807) is 19.2 Å². The Morgan fingerprint density at radius 2 is 2.13 bits per heavy atom. The van der Waals surface area contributed by atoms with Crippen LogP contribution >= 0.6 is 0 Å². The van der Waals surface area contributed by atoms with Crippen LogP contribution < -0.4 is 5.32 Å². The third-order valence-electron chi connectivity index (χ3n) is 2.20. The summed E-state index contributed by atoms with van der Waals surface area (Å²) in [7, 11) is 1.68. The minimum Gasteiger partial charge on any atom is -0.476 e. The number of pyridine rings is 1. The summed E-state index contributed by atoms with van der Waals surface area (Å²) in [5.41, 5.74) is 1.27. The molecule has 0 unspecified atom stereocenters. The monoisotopic (exact) mass is 202 g/mol. The van der Waals surface area contributed by atoms with Gasteiger partial charge in [-0.1, -0.05) is 18.2 Å². The molecule has 1 aromatic carbocycles. The van der Waals surface area contributed by atoms with Crippen molar-refractivity contribution in [2.45, 2.75) is 0 Å². The molecular formula is C11H10N2O2. The standard InChI is InChI=1S/C11H10N2O2/c1-12-9-6-7-4-2-3-5-8(7)13-10(9)11(14)15/h2-6,12H,1H3,(H,14,15). The van der Waals surface area contributed by atoms with Crippen LogP contribution in [-0.2, 0) is 0 Å². The zero-order valence-corrected chi connectivity index (χ0v) is 8.19. The number of carboxylic acid groups (broad SMARTS) is 1. The quantitative estimate of drug-likeness (QED) is 0.781. The molecule has 0 radical (unpaired) electrons. The molecule has 1 heterocycles. The highest BCUT2D eigenvalue weighted by molar-refractivity contribution is 5.96. The number of carbonyl (C=O) groups is 1. The summed E-state index contributed by atoms with van der Waals surface area (Å²) in [6, 6.07) is 9.20. The van der Waals surface area contributed by atoms with Gasteiger partial charge in [0.15, 0.2) is 5.69 Å². The molecule has 0 aliphatic heterocycles. The van der Waals surface area contributed by atoms with Crippen LogP contribution in [0.1, 0.15) is 10.5 Å². The van der Waals surface area contributed by atoms with Gasteiger partial charge in [0.2, 0.25) is 0 Å². The van der Waals surface area contributed by atoms with Gasteiger partial charge >= 0.3 is 5.97 Å². The third kappa shape index (κ3) is 1.61. The molecule has 0 fully saturated rings. The van der Waals surface area contributed by atoms with Gasteiger partial charge in [0, 0.05) is 12.4 Å². The summed E-state index contributed by atoms with van der Waals surface area (Å²) in [6.45, 7) is 0. The van der Waals surface area contributed by atoms with Crippen molar-refractivity contribution in [1.29, 1.82) is 0 Å². The second kappa shape index (κ2) is 3.57. The molecule has 2 rings (SSSR count). The van der Waals surface area contributed by atoms with Gasteiger partial charge in [-0.3, -0.25) is 0 Å². The van der Waals surface area contributed by atoms with Gasteiger partial charge in [0.1, 0.15) is 0 Å². The van der Waals surface area contributed by atoms with Crippen molar-refractivity contribution in [3.05, 3.63) is 36.0 Å². The molecular weight excluding hydrogens is 192 g/mol. The van der Waals surface area contributed by atoms with E-state index in [0.717, 1.165) is 5.39 Å². The van der Waals surface area contributed by atoms with E-state index in [9.17, 15) is 4.79 Å². The van der Waals surface area contributed by atoms with Gasteiger partial charge < -0.3 is 10.4 Å². The van der Waals surface area contributed by atoms with E-state index in [4.69, 9.17) is 5.11 Å². The minimum atomic E-state index is -1.02.